The average Bonchev–Trinajstić information content (AvgIpc) is 2.36. The second kappa shape index (κ2) is 6.33. The zero-order valence-electron chi connectivity index (χ0n) is 11.7. The number of hydrogen-bond acceptors (Lipinski definition) is 3. The third-order valence-corrected chi connectivity index (χ3v) is 4.34. The molecular formula is C13H18F3NO3S. The van der Waals surface area contributed by atoms with Crippen molar-refractivity contribution in [1.82, 2.24) is 4.72 Å². The molecule has 0 aromatic heterocycles. The van der Waals surface area contributed by atoms with Crippen molar-refractivity contribution < 1.29 is 26.7 Å². The fourth-order valence-corrected chi connectivity index (χ4v) is 2.95. The molecule has 0 saturated heterocycles. The fraction of sp³-hybridized carbons (Fsp3) is 0.538. The van der Waals surface area contributed by atoms with Crippen molar-refractivity contribution >= 4 is 10.0 Å². The number of benzene rings is 1. The van der Waals surface area contributed by atoms with E-state index < -0.39 is 27.4 Å². The summed E-state index contributed by atoms with van der Waals surface area (Å²) >= 11 is 0. The Kier molecular flexibility index (Phi) is 5.40. The highest BCUT2D eigenvalue weighted by molar-refractivity contribution is 7.89. The van der Waals surface area contributed by atoms with Gasteiger partial charge in [0.1, 0.15) is 0 Å². The molecule has 0 fully saturated rings. The number of sulfonamides is 1. The van der Waals surface area contributed by atoms with Gasteiger partial charge in [-0.15, -0.1) is 0 Å². The first kappa shape index (κ1) is 17.9. The van der Waals surface area contributed by atoms with Crippen molar-refractivity contribution in [1.29, 1.82) is 0 Å². The summed E-state index contributed by atoms with van der Waals surface area (Å²) in [6.45, 7) is 3.13. The van der Waals surface area contributed by atoms with Crippen molar-refractivity contribution in [3.63, 3.8) is 0 Å². The Hall–Kier alpha value is -1.12. The van der Waals surface area contributed by atoms with Crippen LogP contribution in [-0.2, 0) is 16.2 Å². The number of alkyl halides is 3. The molecule has 2 N–H and O–H groups in total. The van der Waals surface area contributed by atoms with Crippen molar-refractivity contribution in [2.75, 3.05) is 6.54 Å². The number of rotatable bonds is 6. The molecule has 4 nitrogen and oxygen atoms in total. The SMILES string of the molecule is CCCC(C)(O)CNS(=O)(=O)c1ccc(C(F)(F)F)cc1. The molecule has 1 unspecified atom stereocenters. The molecule has 0 aliphatic heterocycles. The van der Waals surface area contributed by atoms with E-state index in [1.54, 1.807) is 0 Å². The van der Waals surface area contributed by atoms with Crippen LogP contribution in [0.25, 0.3) is 0 Å². The van der Waals surface area contributed by atoms with Crippen LogP contribution in [0.1, 0.15) is 32.3 Å². The smallest absolute Gasteiger partial charge is 0.389 e. The molecule has 0 saturated carbocycles. The van der Waals surface area contributed by atoms with Crippen LogP contribution < -0.4 is 4.72 Å². The van der Waals surface area contributed by atoms with Gasteiger partial charge in [0.15, 0.2) is 0 Å². The molecule has 8 heteroatoms. The van der Waals surface area contributed by atoms with Crippen LogP contribution in [0.4, 0.5) is 13.2 Å². The normalized spacial score (nSPS) is 15.7. The van der Waals surface area contributed by atoms with Gasteiger partial charge in [-0.25, -0.2) is 13.1 Å². The molecule has 120 valence electrons. The van der Waals surface area contributed by atoms with Gasteiger partial charge in [0.05, 0.1) is 16.1 Å². The van der Waals surface area contributed by atoms with E-state index >= 15 is 0 Å². The predicted octanol–water partition coefficient (Wildman–Crippen LogP) is 2.53. The van der Waals surface area contributed by atoms with E-state index in [0.29, 0.717) is 25.0 Å². The molecule has 0 heterocycles. The Labute approximate surface area is 122 Å². The van der Waals surface area contributed by atoms with Crippen molar-refractivity contribution in [2.24, 2.45) is 0 Å². The lowest BCUT2D eigenvalue weighted by molar-refractivity contribution is -0.137. The summed E-state index contributed by atoms with van der Waals surface area (Å²) in [5.74, 6) is 0. The molecule has 1 aromatic carbocycles. The summed E-state index contributed by atoms with van der Waals surface area (Å²) in [7, 11) is -3.95. The topological polar surface area (TPSA) is 66.4 Å². The van der Waals surface area contributed by atoms with Gasteiger partial charge in [-0.05, 0) is 37.6 Å². The molecule has 21 heavy (non-hydrogen) atoms. The second-order valence-electron chi connectivity index (χ2n) is 5.09. The van der Waals surface area contributed by atoms with E-state index in [1.165, 1.54) is 6.92 Å². The minimum Gasteiger partial charge on any atom is -0.389 e. The maximum absolute atomic E-state index is 12.4. The van der Waals surface area contributed by atoms with Gasteiger partial charge >= 0.3 is 6.18 Å². The Morgan fingerprint density at radius 2 is 1.71 bits per heavy atom. The fourth-order valence-electron chi connectivity index (χ4n) is 1.78. The lowest BCUT2D eigenvalue weighted by atomic mass is 10.0. The third kappa shape index (κ3) is 5.29. The van der Waals surface area contributed by atoms with E-state index in [-0.39, 0.29) is 11.4 Å². The first-order valence-corrected chi connectivity index (χ1v) is 7.85. The molecular weight excluding hydrogens is 307 g/mol. The van der Waals surface area contributed by atoms with E-state index in [9.17, 15) is 26.7 Å². The highest BCUT2D eigenvalue weighted by Gasteiger charge is 2.31. The van der Waals surface area contributed by atoms with E-state index in [1.807, 2.05) is 6.92 Å². The third-order valence-electron chi connectivity index (χ3n) is 2.92. The van der Waals surface area contributed by atoms with Crippen LogP contribution in [0.3, 0.4) is 0 Å². The van der Waals surface area contributed by atoms with Gasteiger partial charge in [0.2, 0.25) is 10.0 Å². The Balaban J connectivity index is 2.84. The Bertz CT molecular complexity index is 565. The maximum atomic E-state index is 12.4. The van der Waals surface area contributed by atoms with Crippen molar-refractivity contribution in [3.8, 4) is 0 Å². The van der Waals surface area contributed by atoms with Crippen molar-refractivity contribution in [3.05, 3.63) is 29.8 Å². The molecule has 1 aromatic rings. The van der Waals surface area contributed by atoms with Crippen LogP contribution in [0.2, 0.25) is 0 Å². The molecule has 0 aliphatic rings. The molecule has 0 amide bonds. The van der Waals surface area contributed by atoms with Crippen LogP contribution in [0, 0.1) is 0 Å². The first-order chi connectivity index (χ1) is 9.48. The van der Waals surface area contributed by atoms with Gasteiger partial charge in [-0.2, -0.15) is 13.2 Å². The molecule has 1 atom stereocenters. The monoisotopic (exact) mass is 325 g/mol. The predicted molar refractivity (Wildman–Crippen MR) is 72.2 cm³/mol. The molecule has 0 bridgehead atoms. The van der Waals surface area contributed by atoms with E-state index in [0.717, 1.165) is 12.1 Å². The van der Waals surface area contributed by atoms with Crippen molar-refractivity contribution in [2.45, 2.75) is 43.4 Å². The number of halogens is 3. The number of nitrogens with one attached hydrogen (secondary N) is 1. The van der Waals surface area contributed by atoms with Gasteiger partial charge < -0.3 is 5.11 Å². The molecule has 0 radical (unpaired) electrons. The largest absolute Gasteiger partial charge is 0.416 e. The van der Waals surface area contributed by atoms with Crippen LogP contribution in [-0.4, -0.2) is 25.7 Å². The lowest BCUT2D eigenvalue weighted by Gasteiger charge is -2.22. The summed E-state index contributed by atoms with van der Waals surface area (Å²) in [6.07, 6.45) is -3.43. The minimum atomic E-state index is -4.51. The van der Waals surface area contributed by atoms with E-state index in [2.05, 4.69) is 4.72 Å². The number of hydrogen-bond donors (Lipinski definition) is 2. The second-order valence-corrected chi connectivity index (χ2v) is 6.86. The molecule has 0 spiro atoms. The summed E-state index contributed by atoms with van der Waals surface area (Å²) in [6, 6.07) is 3.19. The van der Waals surface area contributed by atoms with Crippen LogP contribution in [0.5, 0.6) is 0 Å². The summed E-state index contributed by atoms with van der Waals surface area (Å²) in [5.41, 5.74) is -2.12. The minimum absolute atomic E-state index is 0.204. The Morgan fingerprint density at radius 1 is 1.19 bits per heavy atom. The van der Waals surface area contributed by atoms with Crippen LogP contribution >= 0.6 is 0 Å². The number of aliphatic hydroxyl groups is 1. The first-order valence-electron chi connectivity index (χ1n) is 6.37. The van der Waals surface area contributed by atoms with Gasteiger partial charge in [-0.1, -0.05) is 13.3 Å². The molecule has 0 aliphatic carbocycles. The van der Waals surface area contributed by atoms with Gasteiger partial charge in [0, 0.05) is 6.54 Å². The average molecular weight is 325 g/mol. The van der Waals surface area contributed by atoms with Gasteiger partial charge in [0.25, 0.3) is 0 Å². The highest BCUT2D eigenvalue weighted by Crippen LogP contribution is 2.29. The lowest BCUT2D eigenvalue weighted by Crippen LogP contribution is -2.40. The van der Waals surface area contributed by atoms with Gasteiger partial charge in [-0.3, -0.25) is 0 Å². The quantitative estimate of drug-likeness (QED) is 0.845. The highest BCUT2D eigenvalue weighted by atomic mass is 32.2. The Morgan fingerprint density at radius 3 is 2.14 bits per heavy atom. The summed E-state index contributed by atoms with van der Waals surface area (Å²) < 4.78 is 63.3. The summed E-state index contributed by atoms with van der Waals surface area (Å²) in [5, 5.41) is 9.90. The van der Waals surface area contributed by atoms with E-state index in [4.69, 9.17) is 0 Å². The standard InChI is InChI=1S/C13H18F3NO3S/c1-3-8-12(2,18)9-17-21(19,20)11-6-4-10(5-7-11)13(14,15)16/h4-7,17-18H,3,8-9H2,1-2H3. The zero-order chi connectivity index (χ0) is 16.3. The summed E-state index contributed by atoms with van der Waals surface area (Å²) in [4.78, 5) is -0.275. The molecule has 1 rings (SSSR count). The maximum Gasteiger partial charge on any atom is 0.416 e. The van der Waals surface area contributed by atoms with Crippen LogP contribution in [0.15, 0.2) is 29.2 Å². The zero-order valence-corrected chi connectivity index (χ0v) is 12.6.